The van der Waals surface area contributed by atoms with Crippen molar-refractivity contribution in [3.8, 4) is 0 Å². The highest BCUT2D eigenvalue weighted by Gasteiger charge is 1.94. The van der Waals surface area contributed by atoms with E-state index in [2.05, 4.69) is 36.4 Å². The van der Waals surface area contributed by atoms with Crippen molar-refractivity contribution in [1.29, 1.82) is 0 Å². The van der Waals surface area contributed by atoms with Crippen molar-refractivity contribution < 1.29 is 0 Å². The van der Waals surface area contributed by atoms with Crippen LogP contribution in [0.3, 0.4) is 0 Å². The molecule has 0 aromatic heterocycles. The highest BCUT2D eigenvalue weighted by molar-refractivity contribution is 8.93. The summed E-state index contributed by atoms with van der Waals surface area (Å²) in [5, 5.41) is 0.793. The normalized spacial score (nSPS) is 9.40. The van der Waals surface area contributed by atoms with E-state index in [0.29, 0.717) is 0 Å². The molecule has 0 radical (unpaired) electrons. The van der Waals surface area contributed by atoms with E-state index in [1.54, 1.807) is 0 Å². The van der Waals surface area contributed by atoms with Crippen LogP contribution >= 0.6 is 28.6 Å². The lowest BCUT2D eigenvalue weighted by Gasteiger charge is -2.01. The van der Waals surface area contributed by atoms with E-state index >= 15 is 0 Å². The van der Waals surface area contributed by atoms with Gasteiger partial charge in [-0.3, -0.25) is 0 Å². The predicted molar refractivity (Wildman–Crippen MR) is 71.0 cm³/mol. The molecule has 0 aliphatic rings. The lowest BCUT2D eigenvalue weighted by Crippen LogP contribution is -1.86. The molecule has 0 aliphatic heterocycles. The molecule has 2 aromatic carbocycles. The fourth-order valence-electron chi connectivity index (χ4n) is 1.43. The third-order valence-electron chi connectivity index (χ3n) is 2.16. The van der Waals surface area contributed by atoms with Gasteiger partial charge in [0.25, 0.3) is 0 Å². The second-order valence-corrected chi connectivity index (χ2v) is 3.73. The molecule has 0 spiro atoms. The highest BCUT2D eigenvalue weighted by atomic mass is 79.9. The zero-order chi connectivity index (χ0) is 9.80. The Labute approximate surface area is 106 Å². The van der Waals surface area contributed by atoms with Gasteiger partial charge in [0.05, 0.1) is 0 Å². The van der Waals surface area contributed by atoms with Gasteiger partial charge in [-0.25, -0.2) is 0 Å². The van der Waals surface area contributed by atoms with Gasteiger partial charge in [-0.15, -0.1) is 17.0 Å². The molecule has 0 unspecified atom stereocenters. The van der Waals surface area contributed by atoms with Gasteiger partial charge in [-0.05, 0) is 29.7 Å². The number of rotatable bonds is 2. The molecule has 2 rings (SSSR count). The van der Waals surface area contributed by atoms with Crippen molar-refractivity contribution in [2.45, 2.75) is 6.42 Å². The predicted octanol–water partition coefficient (Wildman–Crippen LogP) is 4.51. The van der Waals surface area contributed by atoms with Crippen LogP contribution in [0.4, 0.5) is 0 Å². The van der Waals surface area contributed by atoms with Gasteiger partial charge in [0.1, 0.15) is 0 Å². The molecule has 0 bridgehead atoms. The topological polar surface area (TPSA) is 0 Å². The molecule has 2 heteroatoms. The number of hydrogen-bond acceptors (Lipinski definition) is 0. The molecule has 78 valence electrons. The van der Waals surface area contributed by atoms with E-state index in [1.807, 2.05) is 18.2 Å². The van der Waals surface area contributed by atoms with Crippen LogP contribution in [0.5, 0.6) is 0 Å². The van der Waals surface area contributed by atoms with Crippen molar-refractivity contribution in [1.82, 2.24) is 0 Å². The fourth-order valence-corrected chi connectivity index (χ4v) is 1.56. The van der Waals surface area contributed by atoms with Gasteiger partial charge in [0.15, 0.2) is 0 Å². The standard InChI is InChI=1S/C13H11Cl.BrH/c14-13-8-6-12(7-9-13)10-11-4-2-1-3-5-11;/h1-9H,10H2;1H. The third kappa shape index (κ3) is 3.69. The first-order valence-electron chi connectivity index (χ1n) is 4.63. The Morgan fingerprint density at radius 2 is 1.27 bits per heavy atom. The number of halogens is 2. The summed E-state index contributed by atoms with van der Waals surface area (Å²) in [6.45, 7) is 0. The lowest BCUT2D eigenvalue weighted by molar-refractivity contribution is 1.19. The van der Waals surface area contributed by atoms with E-state index < -0.39 is 0 Å². The van der Waals surface area contributed by atoms with E-state index in [-0.39, 0.29) is 17.0 Å². The minimum absolute atomic E-state index is 0. The first-order valence-corrected chi connectivity index (χ1v) is 5.01. The van der Waals surface area contributed by atoms with Gasteiger partial charge in [0, 0.05) is 5.02 Å². The summed E-state index contributed by atoms with van der Waals surface area (Å²) in [6, 6.07) is 18.4. The lowest BCUT2D eigenvalue weighted by atomic mass is 10.1. The molecule has 0 atom stereocenters. The molecule has 0 saturated heterocycles. The van der Waals surface area contributed by atoms with Crippen molar-refractivity contribution in [3.63, 3.8) is 0 Å². The maximum atomic E-state index is 5.81. The minimum Gasteiger partial charge on any atom is -0.114 e. The van der Waals surface area contributed by atoms with E-state index in [1.165, 1.54) is 11.1 Å². The van der Waals surface area contributed by atoms with Crippen LogP contribution in [0.1, 0.15) is 11.1 Å². The van der Waals surface area contributed by atoms with Crippen LogP contribution in [0.15, 0.2) is 54.6 Å². The number of hydrogen-bond donors (Lipinski definition) is 0. The van der Waals surface area contributed by atoms with Gasteiger partial charge in [-0.1, -0.05) is 54.1 Å². The first-order chi connectivity index (χ1) is 6.84. The summed E-state index contributed by atoms with van der Waals surface area (Å²) in [5.41, 5.74) is 2.62. The molecule has 0 aliphatic carbocycles. The third-order valence-corrected chi connectivity index (χ3v) is 2.42. The van der Waals surface area contributed by atoms with Crippen molar-refractivity contribution in [2.24, 2.45) is 0 Å². The molecule has 0 amide bonds. The first kappa shape index (κ1) is 12.3. The van der Waals surface area contributed by atoms with Gasteiger partial charge >= 0.3 is 0 Å². The smallest absolute Gasteiger partial charge is 0.0406 e. The fraction of sp³-hybridized carbons (Fsp3) is 0.0769. The second-order valence-electron chi connectivity index (χ2n) is 3.29. The Morgan fingerprint density at radius 3 is 1.87 bits per heavy atom. The molecule has 2 aromatic rings. The molecule has 0 fully saturated rings. The highest BCUT2D eigenvalue weighted by Crippen LogP contribution is 2.13. The molecule has 0 saturated carbocycles. The average molecular weight is 284 g/mol. The Bertz CT molecular complexity index is 395. The van der Waals surface area contributed by atoms with E-state index in [4.69, 9.17) is 11.6 Å². The summed E-state index contributed by atoms with van der Waals surface area (Å²) in [4.78, 5) is 0. The minimum atomic E-state index is 0. The van der Waals surface area contributed by atoms with Crippen molar-refractivity contribution >= 4 is 28.6 Å². The second kappa shape index (κ2) is 5.94. The molecule has 0 heterocycles. The Hall–Kier alpha value is -0.790. The SMILES string of the molecule is Br.Clc1ccc(Cc2ccccc2)cc1. The summed E-state index contributed by atoms with van der Waals surface area (Å²) < 4.78 is 0. The summed E-state index contributed by atoms with van der Waals surface area (Å²) >= 11 is 5.81. The summed E-state index contributed by atoms with van der Waals surface area (Å²) in [7, 11) is 0. The van der Waals surface area contributed by atoms with Gasteiger partial charge in [-0.2, -0.15) is 0 Å². The van der Waals surface area contributed by atoms with Gasteiger partial charge in [0.2, 0.25) is 0 Å². The monoisotopic (exact) mass is 282 g/mol. The van der Waals surface area contributed by atoms with Crippen LogP contribution in [0.25, 0.3) is 0 Å². The van der Waals surface area contributed by atoms with Crippen LogP contribution in [-0.2, 0) is 6.42 Å². The zero-order valence-electron chi connectivity index (χ0n) is 8.19. The van der Waals surface area contributed by atoms with E-state index in [0.717, 1.165) is 11.4 Å². The van der Waals surface area contributed by atoms with Crippen LogP contribution in [0, 0.1) is 0 Å². The zero-order valence-corrected chi connectivity index (χ0v) is 10.7. The molecule has 15 heavy (non-hydrogen) atoms. The largest absolute Gasteiger partial charge is 0.114 e. The van der Waals surface area contributed by atoms with Crippen LogP contribution < -0.4 is 0 Å². The summed E-state index contributed by atoms with van der Waals surface area (Å²) in [5.74, 6) is 0. The Morgan fingerprint density at radius 1 is 0.733 bits per heavy atom. The maximum Gasteiger partial charge on any atom is 0.0406 e. The van der Waals surface area contributed by atoms with Crippen LogP contribution in [-0.4, -0.2) is 0 Å². The van der Waals surface area contributed by atoms with Crippen molar-refractivity contribution in [2.75, 3.05) is 0 Å². The summed E-state index contributed by atoms with van der Waals surface area (Å²) in [6.07, 6.45) is 0.970. The maximum absolute atomic E-state index is 5.81. The molecule has 0 N–H and O–H groups in total. The van der Waals surface area contributed by atoms with Gasteiger partial charge < -0.3 is 0 Å². The van der Waals surface area contributed by atoms with E-state index in [9.17, 15) is 0 Å². The number of benzene rings is 2. The molecular weight excluding hydrogens is 272 g/mol. The average Bonchev–Trinajstić information content (AvgIpc) is 2.23. The quantitative estimate of drug-likeness (QED) is 0.761. The van der Waals surface area contributed by atoms with Crippen molar-refractivity contribution in [3.05, 3.63) is 70.7 Å². The van der Waals surface area contributed by atoms with Crippen LogP contribution in [0.2, 0.25) is 5.02 Å². The Balaban J connectivity index is 0.00000112. The molecule has 0 nitrogen and oxygen atoms in total. The molecular formula is C13H12BrCl. The Kier molecular flexibility index (Phi) is 4.86.